The Morgan fingerprint density at radius 3 is 2.52 bits per heavy atom. The third-order valence-corrected chi connectivity index (χ3v) is 3.30. The van der Waals surface area contributed by atoms with E-state index in [1.165, 1.54) is 18.2 Å². The van der Waals surface area contributed by atoms with Crippen molar-refractivity contribution >= 4 is 23.1 Å². The molecule has 1 atom stereocenters. The van der Waals surface area contributed by atoms with E-state index in [9.17, 15) is 18.0 Å². The predicted molar refractivity (Wildman–Crippen MR) is 78.5 cm³/mol. The molecule has 21 heavy (non-hydrogen) atoms. The van der Waals surface area contributed by atoms with Crippen LogP contribution in [0.3, 0.4) is 0 Å². The minimum Gasteiger partial charge on any atom is -0.393 e. The van der Waals surface area contributed by atoms with Crippen molar-refractivity contribution in [1.29, 1.82) is 0 Å². The van der Waals surface area contributed by atoms with E-state index in [0.29, 0.717) is 12.8 Å². The Kier molecular flexibility index (Phi) is 6.14. The van der Waals surface area contributed by atoms with Gasteiger partial charge in [0.1, 0.15) is 0 Å². The number of alkyl halides is 3. The van der Waals surface area contributed by atoms with Gasteiger partial charge in [-0.05, 0) is 18.1 Å². The molecule has 0 aliphatic heterocycles. The molecule has 0 fully saturated rings. The van der Waals surface area contributed by atoms with Crippen molar-refractivity contribution in [2.24, 2.45) is 11.7 Å². The highest BCUT2D eigenvalue weighted by Crippen LogP contribution is 2.31. The van der Waals surface area contributed by atoms with Crippen LogP contribution in [0.15, 0.2) is 24.3 Å². The number of nitrogens with one attached hydrogen (secondary N) is 1. The summed E-state index contributed by atoms with van der Waals surface area (Å²) >= 11 is 4.81. The Balaban J connectivity index is 2.80. The standard InChI is InChI=1S/C14H17F3N2OS/c1-2-5-10(12(18)21)13(20)19-8-9-6-3-4-7-11(9)14(15,16)17/h3-4,6-7,10H,2,5,8H2,1H3,(H2,18,21)(H,19,20). The molecule has 1 aromatic carbocycles. The van der Waals surface area contributed by atoms with Crippen molar-refractivity contribution in [2.75, 3.05) is 0 Å². The van der Waals surface area contributed by atoms with Gasteiger partial charge >= 0.3 is 6.18 Å². The molecule has 0 aromatic heterocycles. The second-order valence-corrected chi connectivity index (χ2v) is 5.09. The second kappa shape index (κ2) is 7.40. The molecule has 1 unspecified atom stereocenters. The van der Waals surface area contributed by atoms with Gasteiger partial charge in [0.2, 0.25) is 5.91 Å². The van der Waals surface area contributed by atoms with Crippen molar-refractivity contribution in [3.05, 3.63) is 35.4 Å². The van der Waals surface area contributed by atoms with Crippen LogP contribution in [-0.4, -0.2) is 10.9 Å². The van der Waals surface area contributed by atoms with Gasteiger partial charge in [-0.2, -0.15) is 13.2 Å². The van der Waals surface area contributed by atoms with E-state index in [2.05, 4.69) is 5.32 Å². The lowest BCUT2D eigenvalue weighted by molar-refractivity contribution is -0.138. The van der Waals surface area contributed by atoms with Gasteiger partial charge in [0.05, 0.1) is 16.5 Å². The Bertz CT molecular complexity index is 517. The van der Waals surface area contributed by atoms with Crippen molar-refractivity contribution in [3.63, 3.8) is 0 Å². The van der Waals surface area contributed by atoms with Gasteiger partial charge in [-0.25, -0.2) is 0 Å². The zero-order valence-electron chi connectivity index (χ0n) is 11.5. The van der Waals surface area contributed by atoms with Crippen LogP contribution < -0.4 is 11.1 Å². The number of thiocarbonyl (C=S) groups is 1. The lowest BCUT2D eigenvalue weighted by atomic mass is 10.0. The number of benzene rings is 1. The molecule has 0 saturated carbocycles. The zero-order valence-corrected chi connectivity index (χ0v) is 12.4. The normalized spacial score (nSPS) is 12.8. The van der Waals surface area contributed by atoms with E-state index in [-0.39, 0.29) is 17.1 Å². The summed E-state index contributed by atoms with van der Waals surface area (Å²) < 4.78 is 38.5. The molecular formula is C14H17F3N2OS. The maximum absolute atomic E-state index is 12.8. The third kappa shape index (κ3) is 5.00. The van der Waals surface area contributed by atoms with Crippen molar-refractivity contribution in [3.8, 4) is 0 Å². The molecular weight excluding hydrogens is 301 g/mol. The van der Waals surface area contributed by atoms with Gasteiger partial charge in [0.25, 0.3) is 0 Å². The average molecular weight is 318 g/mol. The fourth-order valence-corrected chi connectivity index (χ4v) is 2.17. The Morgan fingerprint density at radius 2 is 2.00 bits per heavy atom. The van der Waals surface area contributed by atoms with Crippen LogP contribution in [0.1, 0.15) is 30.9 Å². The summed E-state index contributed by atoms with van der Waals surface area (Å²) in [4.78, 5) is 12.0. The first-order chi connectivity index (χ1) is 9.77. The second-order valence-electron chi connectivity index (χ2n) is 4.62. The zero-order chi connectivity index (χ0) is 16.0. The highest BCUT2D eigenvalue weighted by atomic mass is 32.1. The highest BCUT2D eigenvalue weighted by Gasteiger charge is 2.33. The summed E-state index contributed by atoms with van der Waals surface area (Å²) in [6.45, 7) is 1.66. The first-order valence-electron chi connectivity index (χ1n) is 6.49. The van der Waals surface area contributed by atoms with E-state index in [0.717, 1.165) is 6.07 Å². The minimum atomic E-state index is -4.45. The van der Waals surface area contributed by atoms with Crippen LogP contribution >= 0.6 is 12.2 Å². The van der Waals surface area contributed by atoms with Gasteiger partial charge in [-0.3, -0.25) is 4.79 Å². The molecule has 1 aromatic rings. The third-order valence-electron chi connectivity index (χ3n) is 3.01. The van der Waals surface area contributed by atoms with Gasteiger partial charge in [-0.1, -0.05) is 43.8 Å². The summed E-state index contributed by atoms with van der Waals surface area (Å²) in [6.07, 6.45) is -3.27. The fraction of sp³-hybridized carbons (Fsp3) is 0.429. The largest absolute Gasteiger partial charge is 0.416 e. The van der Waals surface area contributed by atoms with Crippen LogP contribution in [0.4, 0.5) is 13.2 Å². The van der Waals surface area contributed by atoms with Gasteiger partial charge in [0.15, 0.2) is 0 Å². The number of hydrogen-bond donors (Lipinski definition) is 2. The molecule has 1 rings (SSSR count). The number of halogens is 3. The summed E-state index contributed by atoms with van der Waals surface area (Å²) in [6, 6.07) is 5.12. The number of carbonyl (C=O) groups excluding carboxylic acids is 1. The Morgan fingerprint density at radius 1 is 1.38 bits per heavy atom. The fourth-order valence-electron chi connectivity index (χ4n) is 1.95. The lowest BCUT2D eigenvalue weighted by Crippen LogP contribution is -2.37. The molecule has 0 radical (unpaired) electrons. The number of nitrogens with two attached hydrogens (primary N) is 1. The molecule has 1 amide bonds. The average Bonchev–Trinajstić information content (AvgIpc) is 2.41. The first kappa shape index (κ1) is 17.4. The maximum Gasteiger partial charge on any atom is 0.416 e. The van der Waals surface area contributed by atoms with Crippen molar-refractivity contribution < 1.29 is 18.0 Å². The summed E-state index contributed by atoms with van der Waals surface area (Å²) in [5.41, 5.74) is 4.74. The molecule has 0 bridgehead atoms. The summed E-state index contributed by atoms with van der Waals surface area (Å²) in [5.74, 6) is -1.09. The molecule has 116 valence electrons. The molecule has 3 nitrogen and oxygen atoms in total. The first-order valence-corrected chi connectivity index (χ1v) is 6.90. The smallest absolute Gasteiger partial charge is 0.393 e. The minimum absolute atomic E-state index is 0.0107. The summed E-state index contributed by atoms with van der Waals surface area (Å²) in [7, 11) is 0. The molecule has 0 aliphatic rings. The van der Waals surface area contributed by atoms with Crippen LogP contribution in [0.5, 0.6) is 0 Å². The number of hydrogen-bond acceptors (Lipinski definition) is 2. The van der Waals surface area contributed by atoms with E-state index in [4.69, 9.17) is 18.0 Å². The SMILES string of the molecule is CCCC(C(=O)NCc1ccccc1C(F)(F)F)C(N)=S. The van der Waals surface area contributed by atoms with E-state index >= 15 is 0 Å². The van der Waals surface area contributed by atoms with Gasteiger partial charge in [-0.15, -0.1) is 0 Å². The van der Waals surface area contributed by atoms with Crippen LogP contribution in [0.2, 0.25) is 0 Å². The molecule has 3 N–H and O–H groups in total. The van der Waals surface area contributed by atoms with Crippen LogP contribution in [-0.2, 0) is 17.5 Å². The molecule has 7 heteroatoms. The van der Waals surface area contributed by atoms with Crippen molar-refractivity contribution in [1.82, 2.24) is 5.32 Å². The monoisotopic (exact) mass is 318 g/mol. The van der Waals surface area contributed by atoms with Gasteiger partial charge < -0.3 is 11.1 Å². The lowest BCUT2D eigenvalue weighted by Gasteiger charge is -2.16. The Labute approximate surface area is 126 Å². The highest BCUT2D eigenvalue weighted by molar-refractivity contribution is 7.80. The molecule has 0 heterocycles. The van der Waals surface area contributed by atoms with Gasteiger partial charge in [0, 0.05) is 6.54 Å². The number of carbonyl (C=O) groups is 1. The van der Waals surface area contributed by atoms with Crippen molar-refractivity contribution in [2.45, 2.75) is 32.5 Å². The van der Waals surface area contributed by atoms with E-state index in [1.807, 2.05) is 6.92 Å². The number of rotatable bonds is 6. The van der Waals surface area contributed by atoms with E-state index < -0.39 is 23.6 Å². The summed E-state index contributed by atoms with van der Waals surface area (Å²) in [5, 5.41) is 2.47. The molecule has 0 spiro atoms. The number of amides is 1. The molecule has 0 aliphatic carbocycles. The Hall–Kier alpha value is -1.63. The van der Waals surface area contributed by atoms with E-state index in [1.54, 1.807) is 0 Å². The van der Waals surface area contributed by atoms with Crippen LogP contribution in [0.25, 0.3) is 0 Å². The van der Waals surface area contributed by atoms with Crippen LogP contribution in [0, 0.1) is 5.92 Å². The predicted octanol–water partition coefficient (Wildman–Crippen LogP) is 3.02. The quantitative estimate of drug-likeness (QED) is 0.793. The molecule has 0 saturated heterocycles. The maximum atomic E-state index is 12.8. The topological polar surface area (TPSA) is 55.1 Å².